The Morgan fingerprint density at radius 2 is 2.22 bits per heavy atom. The van der Waals surface area contributed by atoms with Gasteiger partial charge in [-0.15, -0.1) is 0 Å². The summed E-state index contributed by atoms with van der Waals surface area (Å²) in [7, 11) is -3.39. The Morgan fingerprint density at radius 1 is 1.44 bits per heavy atom. The number of fused-ring (bicyclic) bond motifs is 1. The lowest BCUT2D eigenvalue weighted by Crippen LogP contribution is -2.34. The highest BCUT2D eigenvalue weighted by molar-refractivity contribution is 7.89. The van der Waals surface area contributed by atoms with Gasteiger partial charge in [0, 0.05) is 12.6 Å². The third-order valence-electron chi connectivity index (χ3n) is 3.36. The molecule has 0 fully saturated rings. The Hall–Kier alpha value is -0.910. The fourth-order valence-corrected chi connectivity index (χ4v) is 3.80. The molecule has 1 unspecified atom stereocenters. The molecule has 0 aromatic heterocycles. The van der Waals surface area contributed by atoms with Gasteiger partial charge in [-0.25, -0.2) is 13.1 Å². The topological polar surface area (TPSA) is 58.2 Å². The van der Waals surface area contributed by atoms with Crippen LogP contribution in [0.1, 0.15) is 31.4 Å². The van der Waals surface area contributed by atoms with Crippen LogP contribution in [0.3, 0.4) is 0 Å². The van der Waals surface area contributed by atoms with Crippen molar-refractivity contribution >= 4 is 10.0 Å². The van der Waals surface area contributed by atoms with E-state index in [0.717, 1.165) is 37.1 Å². The van der Waals surface area contributed by atoms with Gasteiger partial charge < -0.3 is 5.32 Å². The van der Waals surface area contributed by atoms with Crippen LogP contribution >= 0.6 is 0 Å². The van der Waals surface area contributed by atoms with Crippen molar-refractivity contribution in [1.29, 1.82) is 0 Å². The molecule has 1 aliphatic rings. The van der Waals surface area contributed by atoms with Gasteiger partial charge in [0.2, 0.25) is 10.0 Å². The summed E-state index contributed by atoms with van der Waals surface area (Å²) in [4.78, 5) is 0.446. The summed E-state index contributed by atoms with van der Waals surface area (Å²) in [5.74, 6) is 0. The maximum Gasteiger partial charge on any atom is 0.241 e. The van der Waals surface area contributed by atoms with Crippen LogP contribution in [0.15, 0.2) is 23.1 Å². The maximum atomic E-state index is 12.3. The second-order valence-electron chi connectivity index (χ2n) is 4.75. The molecule has 5 heteroatoms. The lowest BCUT2D eigenvalue weighted by atomic mass is 10.0. The molecule has 4 nitrogen and oxygen atoms in total. The Kier molecular flexibility index (Phi) is 4.04. The van der Waals surface area contributed by atoms with Crippen LogP contribution in [-0.2, 0) is 23.0 Å². The molecular weight excluding hydrogens is 248 g/mol. The molecule has 100 valence electrons. The van der Waals surface area contributed by atoms with Crippen LogP contribution < -0.4 is 10.0 Å². The summed E-state index contributed by atoms with van der Waals surface area (Å²) in [5, 5.41) is 3.26. The van der Waals surface area contributed by atoms with Gasteiger partial charge in [-0.2, -0.15) is 0 Å². The van der Waals surface area contributed by atoms with Crippen LogP contribution in [0.4, 0.5) is 0 Å². The summed E-state index contributed by atoms with van der Waals surface area (Å²) in [6.07, 6.45) is 1.56. The number of hydrogen-bond acceptors (Lipinski definition) is 3. The van der Waals surface area contributed by atoms with Gasteiger partial charge in [0.15, 0.2) is 0 Å². The van der Waals surface area contributed by atoms with Gasteiger partial charge in [0.1, 0.15) is 0 Å². The molecule has 0 aliphatic carbocycles. The molecule has 0 amide bonds. The van der Waals surface area contributed by atoms with Gasteiger partial charge in [-0.3, -0.25) is 0 Å². The van der Waals surface area contributed by atoms with Crippen molar-refractivity contribution in [3.05, 3.63) is 29.3 Å². The minimum Gasteiger partial charge on any atom is -0.312 e. The van der Waals surface area contributed by atoms with E-state index in [2.05, 4.69) is 10.0 Å². The number of hydrogen-bond donors (Lipinski definition) is 2. The van der Waals surface area contributed by atoms with E-state index in [1.54, 1.807) is 6.07 Å². The summed E-state index contributed by atoms with van der Waals surface area (Å²) in [6.45, 7) is 5.44. The first-order valence-corrected chi connectivity index (χ1v) is 7.86. The monoisotopic (exact) mass is 268 g/mol. The van der Waals surface area contributed by atoms with Crippen molar-refractivity contribution in [3.8, 4) is 0 Å². The third kappa shape index (κ3) is 2.74. The first-order valence-electron chi connectivity index (χ1n) is 6.38. The van der Waals surface area contributed by atoms with E-state index in [-0.39, 0.29) is 6.04 Å². The van der Waals surface area contributed by atoms with Gasteiger partial charge >= 0.3 is 0 Å². The number of nitrogens with one attached hydrogen (secondary N) is 2. The van der Waals surface area contributed by atoms with Gasteiger partial charge in [0.25, 0.3) is 0 Å². The molecular formula is C13H20N2O2S. The fraction of sp³-hybridized carbons (Fsp3) is 0.538. The van der Waals surface area contributed by atoms with Gasteiger partial charge in [0.05, 0.1) is 4.90 Å². The standard InChI is InChI=1S/C13H20N2O2S/c1-3-10(2)15-18(16,17)13-6-4-5-11-9-14-8-7-12(11)13/h4-6,10,14-15H,3,7-9H2,1-2H3. The van der Waals surface area contributed by atoms with E-state index in [0.29, 0.717) is 4.90 Å². The zero-order valence-corrected chi connectivity index (χ0v) is 11.7. The average molecular weight is 268 g/mol. The van der Waals surface area contributed by atoms with Crippen LogP contribution in [0.2, 0.25) is 0 Å². The lowest BCUT2D eigenvalue weighted by Gasteiger charge is -2.21. The minimum atomic E-state index is -3.39. The summed E-state index contributed by atoms with van der Waals surface area (Å²) in [6, 6.07) is 5.47. The second kappa shape index (κ2) is 5.38. The van der Waals surface area contributed by atoms with Crippen LogP contribution in [-0.4, -0.2) is 21.0 Å². The molecule has 0 spiro atoms. The van der Waals surface area contributed by atoms with Crippen LogP contribution in [0.5, 0.6) is 0 Å². The molecule has 18 heavy (non-hydrogen) atoms. The van der Waals surface area contributed by atoms with E-state index in [1.165, 1.54) is 0 Å². The first kappa shape index (κ1) is 13.5. The van der Waals surface area contributed by atoms with Crippen molar-refractivity contribution in [2.24, 2.45) is 0 Å². The van der Waals surface area contributed by atoms with Crippen molar-refractivity contribution in [2.45, 2.75) is 44.2 Å². The van der Waals surface area contributed by atoms with E-state index in [4.69, 9.17) is 0 Å². The summed E-state index contributed by atoms with van der Waals surface area (Å²) in [5.41, 5.74) is 2.06. The highest BCUT2D eigenvalue weighted by Gasteiger charge is 2.23. The van der Waals surface area contributed by atoms with E-state index in [1.807, 2.05) is 26.0 Å². The zero-order valence-electron chi connectivity index (χ0n) is 10.9. The third-order valence-corrected chi connectivity index (χ3v) is 5.03. The largest absolute Gasteiger partial charge is 0.312 e. The molecule has 1 aromatic rings. The van der Waals surface area contributed by atoms with Crippen molar-refractivity contribution in [1.82, 2.24) is 10.0 Å². The predicted molar refractivity (Wildman–Crippen MR) is 71.9 cm³/mol. The van der Waals surface area contributed by atoms with Crippen LogP contribution in [0, 0.1) is 0 Å². The number of benzene rings is 1. The molecule has 0 radical (unpaired) electrons. The van der Waals surface area contributed by atoms with Crippen LogP contribution in [0.25, 0.3) is 0 Å². The molecule has 1 aliphatic heterocycles. The average Bonchev–Trinajstić information content (AvgIpc) is 2.37. The Morgan fingerprint density at radius 3 is 2.94 bits per heavy atom. The zero-order chi connectivity index (χ0) is 13.2. The van der Waals surface area contributed by atoms with Gasteiger partial charge in [-0.05, 0) is 43.5 Å². The van der Waals surface area contributed by atoms with E-state index < -0.39 is 10.0 Å². The Labute approximate surface area is 109 Å². The Balaban J connectivity index is 2.39. The van der Waals surface area contributed by atoms with E-state index in [9.17, 15) is 8.42 Å². The molecule has 0 saturated carbocycles. The highest BCUT2D eigenvalue weighted by atomic mass is 32.2. The quantitative estimate of drug-likeness (QED) is 0.868. The normalized spacial score (nSPS) is 17.2. The molecule has 2 rings (SSSR count). The molecule has 0 saturated heterocycles. The SMILES string of the molecule is CCC(C)NS(=O)(=O)c1cccc2c1CCNC2. The van der Waals surface area contributed by atoms with Crippen molar-refractivity contribution in [3.63, 3.8) is 0 Å². The Bertz CT molecular complexity index is 526. The van der Waals surface area contributed by atoms with Crippen molar-refractivity contribution in [2.75, 3.05) is 6.54 Å². The molecule has 2 N–H and O–H groups in total. The predicted octanol–water partition coefficient (Wildman–Crippen LogP) is 1.41. The summed E-state index contributed by atoms with van der Waals surface area (Å²) >= 11 is 0. The van der Waals surface area contributed by atoms with Crippen molar-refractivity contribution < 1.29 is 8.42 Å². The van der Waals surface area contributed by atoms with Gasteiger partial charge in [-0.1, -0.05) is 19.1 Å². The highest BCUT2D eigenvalue weighted by Crippen LogP contribution is 2.23. The van der Waals surface area contributed by atoms with E-state index >= 15 is 0 Å². The molecule has 0 bridgehead atoms. The fourth-order valence-electron chi connectivity index (χ4n) is 2.16. The number of rotatable bonds is 4. The smallest absolute Gasteiger partial charge is 0.241 e. The molecule has 1 aromatic carbocycles. The molecule has 1 heterocycles. The second-order valence-corrected chi connectivity index (χ2v) is 6.43. The maximum absolute atomic E-state index is 12.3. The lowest BCUT2D eigenvalue weighted by molar-refractivity contribution is 0.552. The number of sulfonamides is 1. The molecule has 1 atom stereocenters. The summed E-state index contributed by atoms with van der Waals surface area (Å²) < 4.78 is 27.4. The first-order chi connectivity index (χ1) is 8.54. The minimum absolute atomic E-state index is 0.0347.